The number of benzene rings is 1. The number of hydrogen-bond donors (Lipinski definition) is 0. The molecule has 1 heteroatoms. The summed E-state index contributed by atoms with van der Waals surface area (Å²) in [5.41, 5.74) is 3.25. The van der Waals surface area contributed by atoms with Gasteiger partial charge in [0, 0.05) is 9.52 Å². The zero-order valence-electron chi connectivity index (χ0n) is 6.14. The second-order valence-electron chi connectivity index (χ2n) is 2.98. The van der Waals surface area contributed by atoms with Gasteiger partial charge in [-0.25, -0.2) is 0 Å². The van der Waals surface area contributed by atoms with Gasteiger partial charge in [0.05, 0.1) is 0 Å². The standard InChI is InChI=1S/C9H12Si/c1-2-4-9-7-10-6-5-8(9)3-1/h1-4H,5-7,10H2. The molecule has 1 aliphatic heterocycles. The highest BCUT2D eigenvalue weighted by Gasteiger charge is 2.06. The molecule has 0 saturated carbocycles. The molecule has 1 aliphatic rings. The molecular weight excluding hydrogens is 136 g/mol. The molecule has 0 nitrogen and oxygen atoms in total. The molecule has 1 heterocycles. The Morgan fingerprint density at radius 2 is 1.90 bits per heavy atom. The molecule has 10 heavy (non-hydrogen) atoms. The van der Waals surface area contributed by atoms with Crippen molar-refractivity contribution in [2.24, 2.45) is 0 Å². The van der Waals surface area contributed by atoms with Crippen molar-refractivity contribution in [1.29, 1.82) is 0 Å². The van der Waals surface area contributed by atoms with E-state index in [-0.39, 0.29) is 0 Å². The largest absolute Gasteiger partial charge is 0.0620 e. The molecule has 1 aromatic carbocycles. The first kappa shape index (κ1) is 6.17. The van der Waals surface area contributed by atoms with Crippen LogP contribution in [-0.2, 0) is 12.5 Å². The van der Waals surface area contributed by atoms with Crippen molar-refractivity contribution in [1.82, 2.24) is 0 Å². The Balaban J connectivity index is 2.41. The van der Waals surface area contributed by atoms with Crippen molar-refractivity contribution < 1.29 is 0 Å². The van der Waals surface area contributed by atoms with Crippen molar-refractivity contribution in [2.75, 3.05) is 0 Å². The lowest BCUT2D eigenvalue weighted by Crippen LogP contribution is -2.08. The predicted molar refractivity (Wildman–Crippen MR) is 47.2 cm³/mol. The second kappa shape index (κ2) is 2.58. The maximum absolute atomic E-state index is 2.29. The summed E-state index contributed by atoms with van der Waals surface area (Å²) in [6.07, 6.45) is 1.36. The Morgan fingerprint density at radius 3 is 2.70 bits per heavy atom. The van der Waals surface area contributed by atoms with Gasteiger partial charge in [-0.05, 0) is 23.6 Å². The van der Waals surface area contributed by atoms with Crippen LogP contribution in [0.5, 0.6) is 0 Å². The van der Waals surface area contributed by atoms with Gasteiger partial charge in [-0.15, -0.1) is 0 Å². The van der Waals surface area contributed by atoms with Crippen LogP contribution in [0.15, 0.2) is 24.3 Å². The first-order valence-electron chi connectivity index (χ1n) is 4.03. The zero-order chi connectivity index (χ0) is 6.81. The minimum absolute atomic E-state index is 0.300. The lowest BCUT2D eigenvalue weighted by Gasteiger charge is -2.13. The van der Waals surface area contributed by atoms with Crippen LogP contribution in [0.4, 0.5) is 0 Å². The van der Waals surface area contributed by atoms with E-state index < -0.39 is 0 Å². The minimum Gasteiger partial charge on any atom is -0.0620 e. The molecule has 0 fully saturated rings. The second-order valence-corrected chi connectivity index (χ2v) is 4.89. The first-order chi connectivity index (χ1) is 4.97. The third-order valence-electron chi connectivity index (χ3n) is 2.26. The minimum atomic E-state index is 0.300. The molecule has 0 radical (unpaired) electrons. The summed E-state index contributed by atoms with van der Waals surface area (Å²) in [5, 5.41) is 0. The van der Waals surface area contributed by atoms with Crippen LogP contribution >= 0.6 is 0 Å². The van der Waals surface area contributed by atoms with Crippen LogP contribution in [0.1, 0.15) is 11.1 Å². The highest BCUT2D eigenvalue weighted by molar-refractivity contribution is 6.35. The molecule has 0 aliphatic carbocycles. The summed E-state index contributed by atoms with van der Waals surface area (Å²) < 4.78 is 0. The van der Waals surface area contributed by atoms with Gasteiger partial charge in [0.15, 0.2) is 0 Å². The van der Waals surface area contributed by atoms with Gasteiger partial charge in [0.25, 0.3) is 0 Å². The fourth-order valence-electron chi connectivity index (χ4n) is 1.68. The Labute approximate surface area is 64.1 Å². The molecule has 1 aromatic rings. The summed E-state index contributed by atoms with van der Waals surface area (Å²) in [6.45, 7) is 0. The molecule has 2 rings (SSSR count). The fraction of sp³-hybridized carbons (Fsp3) is 0.333. The molecule has 0 atom stereocenters. The van der Waals surface area contributed by atoms with E-state index >= 15 is 0 Å². The third kappa shape index (κ3) is 1.01. The molecule has 0 unspecified atom stereocenters. The van der Waals surface area contributed by atoms with Crippen molar-refractivity contribution in [3.8, 4) is 0 Å². The maximum atomic E-state index is 2.29. The van der Waals surface area contributed by atoms with Crippen molar-refractivity contribution in [2.45, 2.75) is 18.5 Å². The van der Waals surface area contributed by atoms with Gasteiger partial charge < -0.3 is 0 Å². The molecule has 0 spiro atoms. The molecule has 0 saturated heterocycles. The predicted octanol–water partition coefficient (Wildman–Crippen LogP) is 1.33. The van der Waals surface area contributed by atoms with Crippen molar-refractivity contribution in [3.05, 3.63) is 35.4 Å². The average molecular weight is 148 g/mol. The van der Waals surface area contributed by atoms with E-state index in [1.165, 1.54) is 18.5 Å². The van der Waals surface area contributed by atoms with Gasteiger partial charge >= 0.3 is 0 Å². The highest BCUT2D eigenvalue weighted by Crippen LogP contribution is 2.16. The van der Waals surface area contributed by atoms with Gasteiger partial charge in [0.1, 0.15) is 0 Å². The molecule has 52 valence electrons. The molecule has 0 bridgehead atoms. The van der Waals surface area contributed by atoms with Crippen LogP contribution < -0.4 is 0 Å². The summed E-state index contributed by atoms with van der Waals surface area (Å²) in [7, 11) is 0.300. The van der Waals surface area contributed by atoms with Crippen molar-refractivity contribution in [3.63, 3.8) is 0 Å². The topological polar surface area (TPSA) is 0 Å². The van der Waals surface area contributed by atoms with Gasteiger partial charge in [0.2, 0.25) is 0 Å². The normalized spacial score (nSPS) is 18.8. The van der Waals surface area contributed by atoms with E-state index in [0.717, 1.165) is 0 Å². The van der Waals surface area contributed by atoms with Crippen LogP contribution in [0, 0.1) is 0 Å². The van der Waals surface area contributed by atoms with E-state index in [2.05, 4.69) is 24.3 Å². The van der Waals surface area contributed by atoms with E-state index in [1.807, 2.05) is 0 Å². The Kier molecular flexibility index (Phi) is 1.59. The molecular formula is C9H12Si. The van der Waals surface area contributed by atoms with Crippen LogP contribution in [0.25, 0.3) is 0 Å². The Bertz CT molecular complexity index is 205. The van der Waals surface area contributed by atoms with E-state index in [9.17, 15) is 0 Å². The average Bonchev–Trinajstić information content (AvgIpc) is 2.05. The number of aryl methyl sites for hydroxylation is 1. The quantitative estimate of drug-likeness (QED) is 0.487. The van der Waals surface area contributed by atoms with Gasteiger partial charge in [-0.2, -0.15) is 0 Å². The highest BCUT2D eigenvalue weighted by atomic mass is 28.2. The fourth-order valence-corrected chi connectivity index (χ4v) is 3.43. The van der Waals surface area contributed by atoms with Crippen LogP contribution in [-0.4, -0.2) is 9.52 Å². The first-order valence-corrected chi connectivity index (χ1v) is 6.03. The smallest absolute Gasteiger partial charge is 0.0251 e. The van der Waals surface area contributed by atoms with Gasteiger partial charge in [-0.3, -0.25) is 0 Å². The summed E-state index contributed by atoms with van der Waals surface area (Å²) in [6, 6.07) is 11.9. The number of rotatable bonds is 0. The lowest BCUT2D eigenvalue weighted by atomic mass is 10.1. The third-order valence-corrected chi connectivity index (χ3v) is 4.01. The summed E-state index contributed by atoms with van der Waals surface area (Å²) >= 11 is 0. The Hall–Kier alpha value is -0.563. The molecule has 0 amide bonds. The monoisotopic (exact) mass is 148 g/mol. The van der Waals surface area contributed by atoms with E-state index in [4.69, 9.17) is 0 Å². The van der Waals surface area contributed by atoms with E-state index in [1.54, 1.807) is 11.1 Å². The molecule has 0 N–H and O–H groups in total. The van der Waals surface area contributed by atoms with Gasteiger partial charge in [-0.1, -0.05) is 30.3 Å². The summed E-state index contributed by atoms with van der Waals surface area (Å²) in [5.74, 6) is 0. The van der Waals surface area contributed by atoms with E-state index in [0.29, 0.717) is 9.52 Å². The zero-order valence-corrected chi connectivity index (χ0v) is 7.55. The lowest BCUT2D eigenvalue weighted by molar-refractivity contribution is 1.04. The Morgan fingerprint density at radius 1 is 1.10 bits per heavy atom. The maximum Gasteiger partial charge on any atom is 0.0251 e. The molecule has 0 aromatic heterocycles. The number of fused-ring (bicyclic) bond motifs is 1. The van der Waals surface area contributed by atoms with Crippen LogP contribution in [0.2, 0.25) is 6.04 Å². The number of hydrogen-bond acceptors (Lipinski definition) is 0. The SMILES string of the molecule is c1ccc2c(c1)CC[SiH2]C2. The van der Waals surface area contributed by atoms with Crippen molar-refractivity contribution >= 4 is 9.52 Å². The summed E-state index contributed by atoms with van der Waals surface area (Å²) in [4.78, 5) is 0. The van der Waals surface area contributed by atoms with Crippen LogP contribution in [0.3, 0.4) is 0 Å².